The summed E-state index contributed by atoms with van der Waals surface area (Å²) < 4.78 is 9.93. The van der Waals surface area contributed by atoms with E-state index in [-0.39, 0.29) is 0 Å². The summed E-state index contributed by atoms with van der Waals surface area (Å²) >= 11 is 0. The Hall–Kier alpha value is -2.95. The number of methoxy groups -OCH3 is 1. The molecular formula is C18H16O5. The number of ketones is 2. The number of carbonyl (C=O) groups excluding carboxylic acids is 3. The van der Waals surface area contributed by atoms with Crippen molar-refractivity contribution in [3.05, 3.63) is 59.7 Å². The highest BCUT2D eigenvalue weighted by Gasteiger charge is 2.19. The highest BCUT2D eigenvalue weighted by atomic mass is 16.5. The molecule has 5 nitrogen and oxygen atoms in total. The van der Waals surface area contributed by atoms with Crippen LogP contribution < -0.4 is 4.74 Å². The summed E-state index contributed by atoms with van der Waals surface area (Å²) in [5, 5.41) is 0. The Kier molecular flexibility index (Phi) is 5.25. The molecule has 0 unspecified atom stereocenters. The minimum absolute atomic E-state index is 0.332. The van der Waals surface area contributed by atoms with Gasteiger partial charge in [0.25, 0.3) is 0 Å². The molecule has 0 aliphatic carbocycles. The van der Waals surface area contributed by atoms with Crippen molar-refractivity contribution in [2.75, 3.05) is 7.11 Å². The zero-order chi connectivity index (χ0) is 16.8. The lowest BCUT2D eigenvalue weighted by molar-refractivity contribution is -0.151. The van der Waals surface area contributed by atoms with Crippen molar-refractivity contribution in [3.8, 4) is 11.5 Å². The molecule has 0 atom stereocenters. The van der Waals surface area contributed by atoms with Crippen LogP contribution in [-0.2, 0) is 14.3 Å². The molecule has 2 aromatic rings. The number of ether oxygens (including phenoxy) is 2. The lowest BCUT2D eigenvalue weighted by Crippen LogP contribution is -2.19. The molecule has 0 bridgehead atoms. The zero-order valence-corrected chi connectivity index (χ0v) is 12.9. The van der Waals surface area contributed by atoms with Crippen LogP contribution in [0.25, 0.3) is 0 Å². The topological polar surface area (TPSA) is 69.7 Å². The van der Waals surface area contributed by atoms with Crippen molar-refractivity contribution in [1.29, 1.82) is 0 Å². The van der Waals surface area contributed by atoms with Crippen LogP contribution in [0.15, 0.2) is 48.5 Å². The second-order valence-corrected chi connectivity index (χ2v) is 4.95. The average molecular weight is 312 g/mol. The molecule has 2 rings (SSSR count). The SMILES string of the molecule is COC(=O)C(=O)CC(=O)c1ccc(Oc2ccc(C)cc2)cc1. The Balaban J connectivity index is 2.01. The highest BCUT2D eigenvalue weighted by molar-refractivity contribution is 6.38. The highest BCUT2D eigenvalue weighted by Crippen LogP contribution is 2.22. The molecule has 0 saturated carbocycles. The third-order valence-electron chi connectivity index (χ3n) is 3.17. The fourth-order valence-electron chi connectivity index (χ4n) is 1.89. The van der Waals surface area contributed by atoms with E-state index in [1.807, 2.05) is 31.2 Å². The maximum absolute atomic E-state index is 11.9. The smallest absolute Gasteiger partial charge is 0.374 e. The fraction of sp³-hybridized carbons (Fsp3) is 0.167. The number of benzene rings is 2. The second-order valence-electron chi connectivity index (χ2n) is 4.95. The maximum atomic E-state index is 11.9. The Morgan fingerprint density at radius 3 is 1.91 bits per heavy atom. The van der Waals surface area contributed by atoms with E-state index < -0.39 is 24.0 Å². The van der Waals surface area contributed by atoms with E-state index in [1.54, 1.807) is 24.3 Å². The number of hydrogen-bond acceptors (Lipinski definition) is 5. The fourth-order valence-corrected chi connectivity index (χ4v) is 1.89. The molecule has 0 aliphatic rings. The quantitative estimate of drug-likeness (QED) is 0.355. The summed E-state index contributed by atoms with van der Waals surface area (Å²) in [4.78, 5) is 34.3. The van der Waals surface area contributed by atoms with E-state index in [2.05, 4.69) is 4.74 Å². The van der Waals surface area contributed by atoms with E-state index >= 15 is 0 Å². The first kappa shape index (κ1) is 16.4. The monoisotopic (exact) mass is 312 g/mol. The van der Waals surface area contributed by atoms with Crippen LogP contribution in [0.4, 0.5) is 0 Å². The third kappa shape index (κ3) is 4.51. The van der Waals surface area contributed by atoms with Gasteiger partial charge in [0.15, 0.2) is 5.78 Å². The van der Waals surface area contributed by atoms with Crippen LogP contribution >= 0.6 is 0 Å². The number of aryl methyl sites for hydroxylation is 1. The summed E-state index contributed by atoms with van der Waals surface area (Å²) in [5.41, 5.74) is 1.46. The molecule has 0 heterocycles. The van der Waals surface area contributed by atoms with E-state index in [1.165, 1.54) is 0 Å². The van der Waals surface area contributed by atoms with Gasteiger partial charge in [-0.3, -0.25) is 9.59 Å². The van der Waals surface area contributed by atoms with Gasteiger partial charge in [-0.1, -0.05) is 17.7 Å². The largest absolute Gasteiger partial charge is 0.463 e. The van der Waals surface area contributed by atoms with Gasteiger partial charge in [0.05, 0.1) is 13.5 Å². The van der Waals surface area contributed by atoms with Crippen molar-refractivity contribution < 1.29 is 23.9 Å². The standard InChI is InChI=1S/C18H16O5/c1-12-3-7-14(8-4-12)23-15-9-5-13(6-10-15)16(19)11-17(20)18(21)22-2/h3-10H,11H2,1-2H3. The normalized spacial score (nSPS) is 10.0. The third-order valence-corrected chi connectivity index (χ3v) is 3.17. The molecule has 0 aromatic heterocycles. The van der Waals surface area contributed by atoms with Crippen LogP contribution in [0.5, 0.6) is 11.5 Å². The molecule has 0 aliphatic heterocycles. The minimum atomic E-state index is -1.02. The van der Waals surface area contributed by atoms with E-state index in [4.69, 9.17) is 4.74 Å². The van der Waals surface area contributed by atoms with Gasteiger partial charge in [0.2, 0.25) is 5.78 Å². The van der Waals surface area contributed by atoms with Crippen LogP contribution in [-0.4, -0.2) is 24.6 Å². The van der Waals surface area contributed by atoms with E-state index in [0.717, 1.165) is 12.7 Å². The van der Waals surface area contributed by atoms with Gasteiger partial charge in [-0.2, -0.15) is 0 Å². The number of carbonyl (C=O) groups is 3. The lowest BCUT2D eigenvalue weighted by atomic mass is 10.1. The first-order valence-corrected chi connectivity index (χ1v) is 6.98. The van der Waals surface area contributed by atoms with Gasteiger partial charge in [-0.05, 0) is 43.3 Å². The first-order chi connectivity index (χ1) is 11.0. The zero-order valence-electron chi connectivity index (χ0n) is 12.9. The van der Waals surface area contributed by atoms with Gasteiger partial charge in [-0.15, -0.1) is 0 Å². The van der Waals surface area contributed by atoms with Crippen LogP contribution in [0, 0.1) is 6.92 Å². The van der Waals surface area contributed by atoms with Gasteiger partial charge in [-0.25, -0.2) is 4.79 Å². The van der Waals surface area contributed by atoms with Crippen LogP contribution in [0.1, 0.15) is 22.3 Å². The molecule has 0 radical (unpaired) electrons. The van der Waals surface area contributed by atoms with Crippen molar-refractivity contribution in [3.63, 3.8) is 0 Å². The molecule has 23 heavy (non-hydrogen) atoms. The second kappa shape index (κ2) is 7.35. The van der Waals surface area contributed by atoms with Crippen molar-refractivity contribution in [2.45, 2.75) is 13.3 Å². The minimum Gasteiger partial charge on any atom is -0.463 e. The number of Topliss-reactive ketones (excluding diaryl/α,β-unsaturated/α-hetero) is 2. The molecule has 5 heteroatoms. The molecule has 0 N–H and O–H groups in total. The molecule has 0 saturated heterocycles. The summed E-state index contributed by atoms with van der Waals surface area (Å²) in [7, 11) is 1.10. The lowest BCUT2D eigenvalue weighted by Gasteiger charge is -2.06. The van der Waals surface area contributed by atoms with Crippen molar-refractivity contribution >= 4 is 17.5 Å². The molecule has 118 valence electrons. The maximum Gasteiger partial charge on any atom is 0.374 e. The molecule has 0 amide bonds. The van der Waals surface area contributed by atoms with Crippen LogP contribution in [0.2, 0.25) is 0 Å². The average Bonchev–Trinajstić information content (AvgIpc) is 2.56. The Bertz CT molecular complexity index is 714. The molecule has 0 fully saturated rings. The van der Waals surface area contributed by atoms with E-state index in [0.29, 0.717) is 17.1 Å². The molecule has 2 aromatic carbocycles. The summed E-state index contributed by atoms with van der Waals surface area (Å²) in [6, 6.07) is 13.9. The van der Waals surface area contributed by atoms with Crippen molar-refractivity contribution in [1.82, 2.24) is 0 Å². The Morgan fingerprint density at radius 1 is 0.870 bits per heavy atom. The van der Waals surface area contributed by atoms with Crippen LogP contribution in [0.3, 0.4) is 0 Å². The predicted octanol–water partition coefficient (Wildman–Crippen LogP) is 3.10. The number of rotatable bonds is 6. The molecule has 0 spiro atoms. The summed E-state index contributed by atoms with van der Waals surface area (Å²) in [6.45, 7) is 1.99. The van der Waals surface area contributed by atoms with Gasteiger partial charge in [0.1, 0.15) is 11.5 Å². The van der Waals surface area contributed by atoms with Crippen molar-refractivity contribution in [2.24, 2.45) is 0 Å². The predicted molar refractivity (Wildman–Crippen MR) is 83.7 cm³/mol. The van der Waals surface area contributed by atoms with E-state index in [9.17, 15) is 14.4 Å². The Labute approximate surface area is 133 Å². The number of hydrogen-bond donors (Lipinski definition) is 0. The summed E-state index contributed by atoms with van der Waals surface area (Å²) in [5.74, 6) is -1.06. The van der Waals surface area contributed by atoms with Gasteiger partial charge in [0, 0.05) is 5.56 Å². The molecular weight excluding hydrogens is 296 g/mol. The van der Waals surface area contributed by atoms with Gasteiger partial charge >= 0.3 is 5.97 Å². The summed E-state index contributed by atoms with van der Waals surface area (Å²) in [6.07, 6.45) is -0.509. The first-order valence-electron chi connectivity index (χ1n) is 6.98. The Morgan fingerprint density at radius 2 is 1.39 bits per heavy atom. The number of esters is 1. The van der Waals surface area contributed by atoms with Gasteiger partial charge < -0.3 is 9.47 Å².